The third-order valence-corrected chi connectivity index (χ3v) is 3.32. The summed E-state index contributed by atoms with van der Waals surface area (Å²) in [5.41, 5.74) is 10.8. The quantitative estimate of drug-likeness (QED) is 0.342. The third kappa shape index (κ3) is 32.4. The Morgan fingerprint density at radius 3 is 1.31 bits per heavy atom. The van der Waals surface area contributed by atoms with Crippen LogP contribution in [0.25, 0.3) is 0 Å². The Labute approximate surface area is 93.9 Å². The van der Waals surface area contributed by atoms with E-state index in [1.165, 1.54) is 0 Å². The van der Waals surface area contributed by atoms with E-state index in [2.05, 4.69) is 13.1 Å². The van der Waals surface area contributed by atoms with Crippen molar-refractivity contribution in [3.63, 3.8) is 0 Å². The second kappa shape index (κ2) is 8.04. The summed E-state index contributed by atoms with van der Waals surface area (Å²) in [7, 11) is -5.76. The fourth-order valence-electron chi connectivity index (χ4n) is 0.0833. The molecule has 0 fully saturated rings. The molecule has 0 rings (SSSR count). The molecule has 6 nitrogen and oxygen atoms in total. The van der Waals surface area contributed by atoms with Crippen LogP contribution in [0.2, 0.25) is 13.1 Å². The van der Waals surface area contributed by atoms with Gasteiger partial charge in [-0.15, -0.1) is 0 Å². The van der Waals surface area contributed by atoms with Crippen molar-refractivity contribution < 1.29 is 38.6 Å². The predicted octanol–water partition coefficient (Wildman–Crippen LogP) is -0.965. The number of hydrogen-bond acceptors (Lipinski definition) is 4. The molecule has 0 aromatic rings. The Morgan fingerprint density at radius 1 is 1.15 bits per heavy atom. The number of hydrogen-bond donors (Lipinski definition) is 4. The minimum atomic E-state index is -4.67. The van der Waals surface area contributed by atoms with Crippen molar-refractivity contribution in [1.29, 1.82) is 0 Å². The van der Waals surface area contributed by atoms with Crippen LogP contribution in [0.15, 0.2) is 0 Å². The molecular formula is C4H16N2O4PtSSi. The Hall–Kier alpha value is 0.695. The number of nitrogens with two attached hydrogens (primary N) is 2. The molecule has 0 saturated carbocycles. The first-order valence-electron chi connectivity index (χ1n) is 3.22. The summed E-state index contributed by atoms with van der Waals surface area (Å²) in [4.78, 5) is 0. The largest absolute Gasteiger partial charge is 0.394 e. The summed E-state index contributed by atoms with van der Waals surface area (Å²) < 4.78 is 31.6. The molecule has 0 aromatic heterocycles. The van der Waals surface area contributed by atoms with Gasteiger partial charge in [0.15, 0.2) is 0 Å². The summed E-state index contributed by atoms with van der Waals surface area (Å²) in [6, 6.07) is 0. The smallest absolute Gasteiger partial charge is 0.333 e. The Morgan fingerprint density at radius 2 is 1.31 bits per heavy atom. The Bertz CT molecular complexity index is 194. The molecule has 0 spiro atoms. The molecule has 0 unspecified atom stereocenters. The maximum atomic E-state index is 8.74. The van der Waals surface area contributed by atoms with E-state index < -0.39 is 18.5 Å². The Kier molecular flexibility index (Phi) is 11.9. The minimum absolute atomic E-state index is 0. The summed E-state index contributed by atoms with van der Waals surface area (Å²) >= 11 is 0. The minimum Gasteiger partial charge on any atom is -0.333 e. The molecule has 6 N–H and O–H groups in total. The van der Waals surface area contributed by atoms with Crippen molar-refractivity contribution >= 4 is 18.5 Å². The first-order valence-corrected chi connectivity index (χ1v) is 8.03. The van der Waals surface area contributed by atoms with Crippen molar-refractivity contribution in [3.8, 4) is 0 Å². The van der Waals surface area contributed by atoms with Crippen LogP contribution in [0, 0.1) is 0 Å². The van der Waals surface area contributed by atoms with Gasteiger partial charge in [-0.2, -0.15) is 8.42 Å². The van der Waals surface area contributed by atoms with Crippen molar-refractivity contribution in [2.75, 3.05) is 12.3 Å². The molecule has 0 aliphatic heterocycles. The van der Waals surface area contributed by atoms with Gasteiger partial charge in [-0.1, -0.05) is 13.1 Å². The van der Waals surface area contributed by atoms with Gasteiger partial charge in [0.05, 0.1) is 8.07 Å². The van der Waals surface area contributed by atoms with E-state index >= 15 is 0 Å². The van der Waals surface area contributed by atoms with Crippen LogP contribution in [-0.4, -0.2) is 37.9 Å². The van der Waals surface area contributed by atoms with Crippen LogP contribution in [0.5, 0.6) is 0 Å². The van der Waals surface area contributed by atoms with E-state index in [0.29, 0.717) is 0 Å². The first-order chi connectivity index (χ1) is 5.12. The number of rotatable bonds is 2. The van der Waals surface area contributed by atoms with E-state index in [1.807, 2.05) is 0 Å². The average molecular weight is 411 g/mol. The van der Waals surface area contributed by atoms with E-state index in [-0.39, 0.29) is 21.1 Å². The van der Waals surface area contributed by atoms with Crippen molar-refractivity contribution in [2.24, 2.45) is 11.5 Å². The average Bonchev–Trinajstić information content (AvgIpc) is 1.85. The van der Waals surface area contributed by atoms with Gasteiger partial charge in [-0.25, -0.2) is 0 Å². The molecule has 0 aromatic carbocycles. The molecule has 0 bridgehead atoms. The van der Waals surface area contributed by atoms with E-state index in [1.54, 1.807) is 0 Å². The van der Waals surface area contributed by atoms with Crippen molar-refractivity contribution in [1.82, 2.24) is 0 Å². The maximum absolute atomic E-state index is 8.74. The predicted molar refractivity (Wildman–Crippen MR) is 49.8 cm³/mol. The molecule has 0 amide bonds. The molecule has 0 aliphatic rings. The molecule has 0 saturated heterocycles. The van der Waals surface area contributed by atoms with Crippen molar-refractivity contribution in [3.05, 3.63) is 0 Å². The van der Waals surface area contributed by atoms with Gasteiger partial charge >= 0.3 is 10.4 Å². The van der Waals surface area contributed by atoms with Crippen LogP contribution in [0.4, 0.5) is 0 Å². The van der Waals surface area contributed by atoms with Gasteiger partial charge in [0.25, 0.3) is 0 Å². The van der Waals surface area contributed by atoms with Crippen LogP contribution in [-0.2, 0) is 31.5 Å². The maximum Gasteiger partial charge on any atom is 0.394 e. The molecule has 9 heteroatoms. The van der Waals surface area contributed by atoms with E-state index in [0.717, 1.165) is 12.3 Å². The fourth-order valence-corrected chi connectivity index (χ4v) is 0.250. The second-order valence-electron chi connectivity index (χ2n) is 3.02. The van der Waals surface area contributed by atoms with Gasteiger partial charge < -0.3 is 11.5 Å². The molecular weight excluding hydrogens is 395 g/mol. The zero-order valence-electron chi connectivity index (χ0n) is 7.50. The first kappa shape index (κ1) is 19.3. The molecule has 0 heterocycles. The van der Waals surface area contributed by atoms with Gasteiger partial charge in [-0.3, -0.25) is 9.11 Å². The second-order valence-corrected chi connectivity index (χ2v) is 9.06. The summed E-state index contributed by atoms with van der Waals surface area (Å²) in [6.45, 7) is 4.38. The van der Waals surface area contributed by atoms with Crippen LogP contribution >= 0.6 is 0 Å². The summed E-state index contributed by atoms with van der Waals surface area (Å²) in [6.07, 6.45) is 1.62. The molecule has 0 aliphatic carbocycles. The monoisotopic (exact) mass is 411 g/mol. The van der Waals surface area contributed by atoms with Crippen LogP contribution < -0.4 is 11.5 Å². The zero-order chi connectivity index (χ0) is 10.4. The summed E-state index contributed by atoms with van der Waals surface area (Å²) in [5, 5.41) is 0. The van der Waals surface area contributed by atoms with Gasteiger partial charge in [-0.05, 0) is 12.3 Å². The van der Waals surface area contributed by atoms with Crippen LogP contribution in [0.3, 0.4) is 0 Å². The third-order valence-electron chi connectivity index (χ3n) is 1.11. The topological polar surface area (TPSA) is 127 Å². The normalized spacial score (nSPS) is 10.9. The SMILES string of the molecule is C[Si](C)(CN)CN.O=S(=O)(O)O.[Pt]. The molecule has 13 heavy (non-hydrogen) atoms. The van der Waals surface area contributed by atoms with Crippen molar-refractivity contribution in [2.45, 2.75) is 13.1 Å². The Balaban J connectivity index is -0.000000150. The fraction of sp³-hybridized carbons (Fsp3) is 1.00. The standard InChI is InChI=1S/C4H14N2Si.H2O4S.Pt/c1-7(2,3-5)4-6;1-5(2,3)4;/h3-6H2,1-2H3;(H2,1,2,3,4);. The molecule has 0 atom stereocenters. The van der Waals surface area contributed by atoms with Gasteiger partial charge in [0.2, 0.25) is 0 Å². The molecule has 0 radical (unpaired) electrons. The zero-order valence-corrected chi connectivity index (χ0v) is 11.6. The van der Waals surface area contributed by atoms with Gasteiger partial charge in [0, 0.05) is 21.1 Å². The molecule has 86 valence electrons. The van der Waals surface area contributed by atoms with E-state index in [9.17, 15) is 0 Å². The summed E-state index contributed by atoms with van der Waals surface area (Å²) in [5.74, 6) is 0. The van der Waals surface area contributed by atoms with Gasteiger partial charge in [0.1, 0.15) is 0 Å². The van der Waals surface area contributed by atoms with E-state index in [4.69, 9.17) is 29.0 Å². The van der Waals surface area contributed by atoms with Crippen LogP contribution in [0.1, 0.15) is 0 Å².